The van der Waals surface area contributed by atoms with Gasteiger partial charge in [-0.25, -0.2) is 9.98 Å². The summed E-state index contributed by atoms with van der Waals surface area (Å²) < 4.78 is 1.91. The van der Waals surface area contributed by atoms with Crippen LogP contribution in [-0.2, 0) is 6.54 Å². The van der Waals surface area contributed by atoms with Gasteiger partial charge in [-0.05, 0) is 12.1 Å². The van der Waals surface area contributed by atoms with Gasteiger partial charge in [-0.3, -0.25) is 0 Å². The van der Waals surface area contributed by atoms with E-state index in [1.807, 2.05) is 66.9 Å². The van der Waals surface area contributed by atoms with Crippen molar-refractivity contribution in [2.45, 2.75) is 6.54 Å². The fourth-order valence-corrected chi connectivity index (χ4v) is 2.10. The predicted octanol–water partition coefficient (Wildman–Crippen LogP) is 1.97. The molecule has 0 fully saturated rings. The van der Waals surface area contributed by atoms with Gasteiger partial charge in [0.1, 0.15) is 5.65 Å². The maximum atomic E-state index is 5.95. The molecule has 5 nitrogen and oxygen atoms in total. The van der Waals surface area contributed by atoms with Crippen LogP contribution in [0.25, 0.3) is 5.65 Å². The molecule has 0 aromatic carbocycles. The Labute approximate surface area is 118 Å². The monoisotopic (exact) mass is 279 g/mol. The van der Waals surface area contributed by atoms with Crippen LogP contribution in [0.1, 0.15) is 5.69 Å². The molecule has 0 saturated heterocycles. The second-order valence-electron chi connectivity index (χ2n) is 4.75. The Morgan fingerprint density at radius 2 is 1.89 bits per heavy atom. The largest absolute Gasteiger partial charge is 0.349 e. The van der Waals surface area contributed by atoms with Gasteiger partial charge < -0.3 is 14.2 Å². The van der Waals surface area contributed by atoms with Crippen LogP contribution in [0.3, 0.4) is 0 Å². The maximum absolute atomic E-state index is 5.95. The summed E-state index contributed by atoms with van der Waals surface area (Å²) in [4.78, 5) is 13.0. The molecule has 102 valence electrons. The number of nitrogens with zero attached hydrogens (tertiary/aromatic N) is 5. The van der Waals surface area contributed by atoms with Crippen molar-refractivity contribution in [3.8, 4) is 0 Å². The van der Waals surface area contributed by atoms with E-state index in [9.17, 15) is 0 Å². The Balaban J connectivity index is 2.23. The zero-order valence-electron chi connectivity index (χ0n) is 11.6. The molecule has 0 bridgehead atoms. The van der Waals surface area contributed by atoms with Crippen LogP contribution in [0.15, 0.2) is 29.5 Å². The van der Waals surface area contributed by atoms with Gasteiger partial charge in [0.25, 0.3) is 0 Å². The van der Waals surface area contributed by atoms with Crippen LogP contribution in [-0.4, -0.2) is 53.3 Å². The highest BCUT2D eigenvalue weighted by Crippen LogP contribution is 2.12. The summed E-state index contributed by atoms with van der Waals surface area (Å²) in [6, 6.07) is 3.73. The highest BCUT2D eigenvalue weighted by molar-refractivity contribution is 6.30. The molecule has 0 radical (unpaired) electrons. The highest BCUT2D eigenvalue weighted by atomic mass is 35.5. The molecule has 0 saturated carbocycles. The number of fused-ring (bicyclic) bond motifs is 1. The molecule has 0 amide bonds. The molecule has 0 aliphatic carbocycles. The van der Waals surface area contributed by atoms with Crippen molar-refractivity contribution < 1.29 is 0 Å². The zero-order chi connectivity index (χ0) is 14.0. The van der Waals surface area contributed by atoms with Crippen LogP contribution in [0.2, 0.25) is 5.02 Å². The van der Waals surface area contributed by atoms with E-state index < -0.39 is 0 Å². The third-order valence-corrected chi connectivity index (χ3v) is 2.87. The number of imidazole rings is 1. The van der Waals surface area contributed by atoms with Gasteiger partial charge in [0.2, 0.25) is 0 Å². The van der Waals surface area contributed by atoms with Crippen LogP contribution in [0.5, 0.6) is 0 Å². The van der Waals surface area contributed by atoms with Crippen molar-refractivity contribution in [1.29, 1.82) is 0 Å². The Kier molecular flexibility index (Phi) is 3.95. The van der Waals surface area contributed by atoms with Crippen molar-refractivity contribution in [1.82, 2.24) is 19.2 Å². The van der Waals surface area contributed by atoms with Crippen LogP contribution < -0.4 is 0 Å². The molecule has 0 spiro atoms. The van der Waals surface area contributed by atoms with Crippen LogP contribution in [0.4, 0.5) is 0 Å². The summed E-state index contributed by atoms with van der Waals surface area (Å²) in [5.41, 5.74) is 1.80. The van der Waals surface area contributed by atoms with Crippen molar-refractivity contribution >= 4 is 23.2 Å². The SMILES string of the molecule is CN(C)C(=NCc1cn2cc(Cl)ccc2n1)N(C)C. The zero-order valence-corrected chi connectivity index (χ0v) is 12.4. The second-order valence-corrected chi connectivity index (χ2v) is 5.19. The average Bonchev–Trinajstić information content (AvgIpc) is 2.70. The summed E-state index contributed by atoms with van der Waals surface area (Å²) in [5.74, 6) is 0.912. The number of aromatic nitrogens is 2. The van der Waals surface area contributed by atoms with Crippen molar-refractivity contribution in [2.24, 2.45) is 4.99 Å². The quantitative estimate of drug-likeness (QED) is 0.623. The summed E-state index contributed by atoms with van der Waals surface area (Å²) in [6.45, 7) is 0.547. The maximum Gasteiger partial charge on any atom is 0.195 e. The fraction of sp³-hybridized carbons (Fsp3) is 0.385. The third-order valence-electron chi connectivity index (χ3n) is 2.65. The number of hydrogen-bond donors (Lipinski definition) is 0. The first-order valence-corrected chi connectivity index (χ1v) is 6.37. The van der Waals surface area contributed by atoms with Crippen molar-refractivity contribution in [3.05, 3.63) is 35.2 Å². The van der Waals surface area contributed by atoms with E-state index in [-0.39, 0.29) is 0 Å². The second kappa shape index (κ2) is 5.48. The lowest BCUT2D eigenvalue weighted by molar-refractivity contribution is 0.479. The minimum atomic E-state index is 0.547. The lowest BCUT2D eigenvalue weighted by Gasteiger charge is -2.22. The molecule has 2 rings (SSSR count). The number of aliphatic imine (C=N–C) groups is 1. The number of guanidine groups is 1. The van der Waals surface area contributed by atoms with Gasteiger partial charge in [0.05, 0.1) is 17.3 Å². The molecular formula is C13H18ClN5. The van der Waals surface area contributed by atoms with Gasteiger partial charge in [-0.2, -0.15) is 0 Å². The number of halogens is 1. The Morgan fingerprint density at radius 3 is 2.53 bits per heavy atom. The number of rotatable bonds is 2. The Morgan fingerprint density at radius 1 is 1.21 bits per heavy atom. The van der Waals surface area contributed by atoms with E-state index in [2.05, 4.69) is 9.98 Å². The third kappa shape index (κ3) is 3.17. The molecule has 6 heteroatoms. The number of hydrogen-bond acceptors (Lipinski definition) is 2. The van der Waals surface area contributed by atoms with E-state index >= 15 is 0 Å². The molecule has 0 aliphatic heterocycles. The van der Waals surface area contributed by atoms with E-state index in [0.29, 0.717) is 11.6 Å². The highest BCUT2D eigenvalue weighted by Gasteiger charge is 2.06. The fourth-order valence-electron chi connectivity index (χ4n) is 1.93. The molecular weight excluding hydrogens is 262 g/mol. The summed E-state index contributed by atoms with van der Waals surface area (Å²) in [6.07, 6.45) is 3.80. The summed E-state index contributed by atoms with van der Waals surface area (Å²) in [7, 11) is 7.90. The Hall–Kier alpha value is -1.75. The molecule has 0 unspecified atom stereocenters. The predicted molar refractivity (Wildman–Crippen MR) is 78.7 cm³/mol. The number of pyridine rings is 1. The van der Waals surface area contributed by atoms with Gasteiger partial charge in [0, 0.05) is 40.6 Å². The molecule has 0 aliphatic rings. The van der Waals surface area contributed by atoms with Crippen LogP contribution in [0, 0.1) is 0 Å². The van der Waals surface area contributed by atoms with Gasteiger partial charge >= 0.3 is 0 Å². The average molecular weight is 280 g/mol. The molecule has 2 aromatic heterocycles. The van der Waals surface area contributed by atoms with E-state index in [4.69, 9.17) is 11.6 Å². The molecule has 2 aromatic rings. The topological polar surface area (TPSA) is 36.1 Å². The molecule has 0 N–H and O–H groups in total. The first kappa shape index (κ1) is 13.7. The van der Waals surface area contributed by atoms with Crippen LogP contribution >= 0.6 is 11.6 Å². The van der Waals surface area contributed by atoms with Crippen molar-refractivity contribution in [2.75, 3.05) is 28.2 Å². The van der Waals surface area contributed by atoms with Gasteiger partial charge in [-0.15, -0.1) is 0 Å². The van der Waals surface area contributed by atoms with Crippen molar-refractivity contribution in [3.63, 3.8) is 0 Å². The first-order chi connectivity index (χ1) is 8.97. The summed E-state index contributed by atoms with van der Waals surface area (Å²) >= 11 is 5.95. The van der Waals surface area contributed by atoms with Gasteiger partial charge in [-0.1, -0.05) is 11.6 Å². The lowest BCUT2D eigenvalue weighted by atomic mass is 10.5. The molecule has 19 heavy (non-hydrogen) atoms. The Bertz CT molecular complexity index is 590. The standard InChI is InChI=1S/C13H18ClN5/c1-17(2)13(18(3)4)15-7-11-9-19-8-10(14)5-6-12(19)16-11/h5-6,8-9H,7H2,1-4H3. The van der Waals surface area contributed by atoms with E-state index in [1.54, 1.807) is 0 Å². The van der Waals surface area contributed by atoms with Gasteiger partial charge in [0.15, 0.2) is 5.96 Å². The molecule has 2 heterocycles. The summed E-state index contributed by atoms with van der Waals surface area (Å²) in [5, 5.41) is 0.697. The smallest absolute Gasteiger partial charge is 0.195 e. The minimum Gasteiger partial charge on any atom is -0.349 e. The minimum absolute atomic E-state index is 0.547. The van der Waals surface area contributed by atoms with E-state index in [1.165, 1.54) is 0 Å². The van der Waals surface area contributed by atoms with E-state index in [0.717, 1.165) is 17.3 Å². The normalized spacial score (nSPS) is 10.6. The molecule has 0 atom stereocenters. The first-order valence-electron chi connectivity index (χ1n) is 5.99. The lowest BCUT2D eigenvalue weighted by Crippen LogP contribution is -2.35.